The molecule has 2 rings (SSSR count). The van der Waals surface area contributed by atoms with E-state index in [4.69, 9.17) is 0 Å². The van der Waals surface area contributed by atoms with Crippen molar-refractivity contribution in [1.29, 1.82) is 0 Å². The number of rotatable bonds is 7. The van der Waals surface area contributed by atoms with Gasteiger partial charge in [-0.1, -0.05) is 29.8 Å². The molecule has 0 aliphatic heterocycles. The third-order valence-electron chi connectivity index (χ3n) is 3.73. The zero-order valence-corrected chi connectivity index (χ0v) is 14.6. The maximum atomic E-state index is 14.4. The van der Waals surface area contributed by atoms with Crippen LogP contribution in [-0.4, -0.2) is 21.5 Å². The maximum Gasteiger partial charge on any atom is 0.243 e. The Bertz CT molecular complexity index is 630. The molecule has 118 valence electrons. The Kier molecular flexibility index (Phi) is 5.07. The molecule has 4 nitrogen and oxygen atoms in total. The second kappa shape index (κ2) is 6.32. The number of nitrogens with one attached hydrogen (secondary N) is 2. The van der Waals surface area contributed by atoms with E-state index in [1.807, 2.05) is 13.8 Å². The summed E-state index contributed by atoms with van der Waals surface area (Å²) in [6, 6.07) is 2.90. The predicted octanol–water partition coefficient (Wildman–Crippen LogP) is 2.78. The van der Waals surface area contributed by atoms with Crippen LogP contribution in [0.4, 0.5) is 4.39 Å². The highest BCUT2D eigenvalue weighted by atomic mass is 79.9. The van der Waals surface area contributed by atoms with Crippen LogP contribution >= 0.6 is 15.9 Å². The molecule has 21 heavy (non-hydrogen) atoms. The summed E-state index contributed by atoms with van der Waals surface area (Å²) in [5.74, 6) is -0.687. The lowest BCUT2D eigenvalue weighted by molar-refractivity contribution is 0.518. The second-order valence-corrected chi connectivity index (χ2v) is 8.44. The van der Waals surface area contributed by atoms with Gasteiger partial charge in [-0.05, 0) is 36.9 Å². The summed E-state index contributed by atoms with van der Waals surface area (Å²) >= 11 is 3.25. The molecule has 0 spiro atoms. The molecular formula is C14H20BrFN2O2S. The molecule has 0 unspecified atom stereocenters. The molecule has 1 fully saturated rings. The smallest absolute Gasteiger partial charge is 0.243 e. The molecule has 0 aromatic heterocycles. The van der Waals surface area contributed by atoms with Crippen LogP contribution in [0.3, 0.4) is 0 Å². The monoisotopic (exact) mass is 378 g/mol. The summed E-state index contributed by atoms with van der Waals surface area (Å²) < 4.78 is 42.1. The van der Waals surface area contributed by atoms with E-state index in [0.29, 0.717) is 29.7 Å². The number of hydrogen-bond acceptors (Lipinski definition) is 3. The number of sulfonamides is 1. The van der Waals surface area contributed by atoms with Crippen LogP contribution in [-0.2, 0) is 16.6 Å². The fourth-order valence-corrected chi connectivity index (χ4v) is 3.94. The van der Waals surface area contributed by atoms with E-state index >= 15 is 0 Å². The Balaban J connectivity index is 2.26. The first kappa shape index (κ1) is 16.9. The molecule has 1 aliphatic carbocycles. The van der Waals surface area contributed by atoms with Crippen molar-refractivity contribution in [3.8, 4) is 0 Å². The standard InChI is InChI=1S/C14H20BrFN2O2S/c1-3-17-8-10-6-11(15)7-12(13(10)16)21(19,20)18-9-14(2)4-5-14/h6-7,17-18H,3-5,8-9H2,1-2H3. The zero-order valence-electron chi connectivity index (χ0n) is 12.2. The van der Waals surface area contributed by atoms with E-state index in [-0.39, 0.29) is 10.3 Å². The van der Waals surface area contributed by atoms with Crippen molar-refractivity contribution in [1.82, 2.24) is 10.0 Å². The molecule has 1 saturated carbocycles. The lowest BCUT2D eigenvalue weighted by Crippen LogP contribution is -2.30. The average Bonchev–Trinajstić information content (AvgIpc) is 3.16. The summed E-state index contributed by atoms with van der Waals surface area (Å²) in [6.45, 7) is 5.26. The van der Waals surface area contributed by atoms with Crippen molar-refractivity contribution >= 4 is 26.0 Å². The Morgan fingerprint density at radius 1 is 1.38 bits per heavy atom. The van der Waals surface area contributed by atoms with E-state index < -0.39 is 15.8 Å². The van der Waals surface area contributed by atoms with Crippen molar-refractivity contribution < 1.29 is 12.8 Å². The molecule has 1 aromatic rings. The molecule has 0 radical (unpaired) electrons. The van der Waals surface area contributed by atoms with E-state index in [1.54, 1.807) is 6.07 Å². The molecule has 0 amide bonds. The molecule has 7 heteroatoms. The van der Waals surface area contributed by atoms with Gasteiger partial charge in [0.25, 0.3) is 0 Å². The molecule has 0 bridgehead atoms. The van der Waals surface area contributed by atoms with Crippen LogP contribution in [0.5, 0.6) is 0 Å². The lowest BCUT2D eigenvalue weighted by atomic mass is 10.2. The highest BCUT2D eigenvalue weighted by molar-refractivity contribution is 9.10. The van der Waals surface area contributed by atoms with Gasteiger partial charge in [0.1, 0.15) is 10.7 Å². The number of benzene rings is 1. The van der Waals surface area contributed by atoms with Crippen LogP contribution < -0.4 is 10.0 Å². The van der Waals surface area contributed by atoms with E-state index in [9.17, 15) is 12.8 Å². The highest BCUT2D eigenvalue weighted by Gasteiger charge is 2.38. The third kappa shape index (κ3) is 4.25. The van der Waals surface area contributed by atoms with Crippen LogP contribution in [0.25, 0.3) is 0 Å². The Morgan fingerprint density at radius 3 is 2.62 bits per heavy atom. The SMILES string of the molecule is CCNCc1cc(Br)cc(S(=O)(=O)NCC2(C)CC2)c1F. The minimum absolute atomic E-state index is 0.0299. The first-order valence-electron chi connectivity index (χ1n) is 6.96. The second-order valence-electron chi connectivity index (χ2n) is 5.79. The third-order valence-corrected chi connectivity index (χ3v) is 5.59. The van der Waals surface area contributed by atoms with Gasteiger partial charge in [0.15, 0.2) is 0 Å². The minimum Gasteiger partial charge on any atom is -0.313 e. The normalized spacial score (nSPS) is 17.0. The van der Waals surface area contributed by atoms with Crippen LogP contribution in [0.15, 0.2) is 21.5 Å². The van der Waals surface area contributed by atoms with Gasteiger partial charge in [0.05, 0.1) is 0 Å². The Morgan fingerprint density at radius 2 is 2.05 bits per heavy atom. The molecule has 1 aromatic carbocycles. The first-order chi connectivity index (χ1) is 9.77. The van der Waals surface area contributed by atoms with E-state index in [1.165, 1.54) is 6.07 Å². The molecule has 0 heterocycles. The molecule has 2 N–H and O–H groups in total. The van der Waals surface area contributed by atoms with Gasteiger partial charge in [-0.3, -0.25) is 0 Å². The van der Waals surface area contributed by atoms with Gasteiger partial charge >= 0.3 is 0 Å². The minimum atomic E-state index is -3.84. The highest BCUT2D eigenvalue weighted by Crippen LogP contribution is 2.44. The van der Waals surface area contributed by atoms with Gasteiger partial charge in [0.2, 0.25) is 10.0 Å². The quantitative estimate of drug-likeness (QED) is 0.766. The molecule has 0 atom stereocenters. The van der Waals surface area contributed by atoms with Gasteiger partial charge in [-0.25, -0.2) is 17.5 Å². The van der Waals surface area contributed by atoms with Gasteiger partial charge in [0, 0.05) is 23.1 Å². The summed E-state index contributed by atoms with van der Waals surface area (Å²) in [5.41, 5.74) is 0.367. The maximum absolute atomic E-state index is 14.4. The fourth-order valence-electron chi connectivity index (χ4n) is 1.94. The predicted molar refractivity (Wildman–Crippen MR) is 84.0 cm³/mol. The summed E-state index contributed by atoms with van der Waals surface area (Å²) in [6.07, 6.45) is 2.00. The fraction of sp³-hybridized carbons (Fsp3) is 0.571. The van der Waals surface area contributed by atoms with Gasteiger partial charge in [-0.15, -0.1) is 0 Å². The van der Waals surface area contributed by atoms with Crippen molar-refractivity contribution in [3.63, 3.8) is 0 Å². The van der Waals surface area contributed by atoms with Crippen molar-refractivity contribution in [2.45, 2.75) is 38.1 Å². The lowest BCUT2D eigenvalue weighted by Gasteiger charge is -2.14. The van der Waals surface area contributed by atoms with Gasteiger partial charge in [-0.2, -0.15) is 0 Å². The Hall–Kier alpha value is -0.500. The zero-order chi connectivity index (χ0) is 15.7. The van der Waals surface area contributed by atoms with Crippen LogP contribution in [0.2, 0.25) is 0 Å². The summed E-state index contributed by atoms with van der Waals surface area (Å²) in [7, 11) is -3.84. The summed E-state index contributed by atoms with van der Waals surface area (Å²) in [4.78, 5) is -0.297. The van der Waals surface area contributed by atoms with E-state index in [2.05, 4.69) is 26.0 Å². The molecule has 0 saturated heterocycles. The topological polar surface area (TPSA) is 58.2 Å². The molecular weight excluding hydrogens is 359 g/mol. The van der Waals surface area contributed by atoms with Crippen LogP contribution in [0.1, 0.15) is 32.3 Å². The van der Waals surface area contributed by atoms with Crippen molar-refractivity contribution in [3.05, 3.63) is 28.0 Å². The van der Waals surface area contributed by atoms with E-state index in [0.717, 1.165) is 12.8 Å². The van der Waals surface area contributed by atoms with Gasteiger partial charge < -0.3 is 5.32 Å². The summed E-state index contributed by atoms with van der Waals surface area (Å²) in [5, 5.41) is 3.00. The molecule has 1 aliphatic rings. The average molecular weight is 379 g/mol. The number of halogens is 2. The number of hydrogen-bond donors (Lipinski definition) is 2. The Labute approximate surface area is 133 Å². The van der Waals surface area contributed by atoms with Crippen LogP contribution in [0, 0.1) is 11.2 Å². The van der Waals surface area contributed by atoms with Crippen molar-refractivity contribution in [2.24, 2.45) is 5.41 Å². The largest absolute Gasteiger partial charge is 0.313 e. The first-order valence-corrected chi connectivity index (χ1v) is 9.23. The van der Waals surface area contributed by atoms with Crippen molar-refractivity contribution in [2.75, 3.05) is 13.1 Å².